The van der Waals surface area contributed by atoms with Crippen molar-refractivity contribution in [2.24, 2.45) is 0 Å². The maximum absolute atomic E-state index is 14.3. The third kappa shape index (κ3) is 4.51. The van der Waals surface area contributed by atoms with Gasteiger partial charge in [0.25, 0.3) is 0 Å². The van der Waals surface area contributed by atoms with Crippen molar-refractivity contribution in [3.05, 3.63) is 66.0 Å². The Hall–Kier alpha value is -2.95. The number of rotatable bonds is 3. The SMILES string of the molecule is CC(=O)OOC(=O)/C=C(\C)c1ccc(-c2ccccc2)c(F)c1. The minimum absolute atomic E-state index is 0.394. The van der Waals surface area contributed by atoms with Crippen molar-refractivity contribution >= 4 is 17.5 Å². The molecule has 0 aliphatic rings. The molecule has 4 nitrogen and oxygen atoms in total. The van der Waals surface area contributed by atoms with Gasteiger partial charge < -0.3 is 0 Å². The van der Waals surface area contributed by atoms with E-state index < -0.39 is 17.8 Å². The van der Waals surface area contributed by atoms with Gasteiger partial charge in [-0.2, -0.15) is 0 Å². The predicted octanol–water partition coefficient (Wildman–Crippen LogP) is 3.92. The van der Waals surface area contributed by atoms with Gasteiger partial charge in [0.2, 0.25) is 0 Å². The molecule has 0 aromatic heterocycles. The van der Waals surface area contributed by atoms with Gasteiger partial charge in [-0.15, -0.1) is 0 Å². The molecule has 2 rings (SSSR count). The van der Waals surface area contributed by atoms with Gasteiger partial charge in [-0.25, -0.2) is 23.8 Å². The van der Waals surface area contributed by atoms with Gasteiger partial charge in [0.05, 0.1) is 0 Å². The van der Waals surface area contributed by atoms with E-state index in [4.69, 9.17) is 0 Å². The van der Waals surface area contributed by atoms with Gasteiger partial charge in [-0.05, 0) is 29.7 Å². The number of allylic oxidation sites excluding steroid dienone is 1. The lowest BCUT2D eigenvalue weighted by Crippen LogP contribution is -2.06. The summed E-state index contributed by atoms with van der Waals surface area (Å²) in [5.74, 6) is -1.97. The molecular formula is C18H15FO4. The van der Waals surface area contributed by atoms with E-state index >= 15 is 0 Å². The zero-order chi connectivity index (χ0) is 16.8. The van der Waals surface area contributed by atoms with Gasteiger partial charge in [0, 0.05) is 18.6 Å². The van der Waals surface area contributed by atoms with Crippen molar-refractivity contribution in [2.45, 2.75) is 13.8 Å². The van der Waals surface area contributed by atoms with E-state index in [0.717, 1.165) is 18.6 Å². The molecule has 0 spiro atoms. The summed E-state index contributed by atoms with van der Waals surface area (Å²) in [5, 5.41) is 0. The van der Waals surface area contributed by atoms with Crippen molar-refractivity contribution in [3.8, 4) is 11.1 Å². The predicted molar refractivity (Wildman–Crippen MR) is 83.3 cm³/mol. The highest BCUT2D eigenvalue weighted by atomic mass is 19.1. The molecule has 2 aromatic rings. The largest absolute Gasteiger partial charge is 0.379 e. The second-order valence-electron chi connectivity index (χ2n) is 4.87. The quantitative estimate of drug-likeness (QED) is 0.489. The molecule has 0 aliphatic carbocycles. The Morgan fingerprint density at radius 2 is 1.70 bits per heavy atom. The standard InChI is InChI=1S/C18H15FO4/c1-12(10-18(21)23-22-13(2)20)15-8-9-16(17(19)11-15)14-6-4-3-5-7-14/h3-11H,1-2H3/b12-10+. The third-order valence-corrected chi connectivity index (χ3v) is 3.08. The Balaban J connectivity index is 2.19. The Labute approximate surface area is 133 Å². The average Bonchev–Trinajstić information content (AvgIpc) is 2.53. The summed E-state index contributed by atoms with van der Waals surface area (Å²) in [7, 11) is 0. The molecule has 0 unspecified atom stereocenters. The lowest BCUT2D eigenvalue weighted by atomic mass is 10.0. The molecule has 0 radical (unpaired) electrons. The van der Waals surface area contributed by atoms with Crippen molar-refractivity contribution < 1.29 is 23.8 Å². The molecule has 0 saturated carbocycles. The van der Waals surface area contributed by atoms with E-state index in [1.807, 2.05) is 30.3 Å². The molecule has 0 amide bonds. The summed E-state index contributed by atoms with van der Waals surface area (Å²) in [5.41, 5.74) is 2.26. The van der Waals surface area contributed by atoms with Crippen molar-refractivity contribution in [1.82, 2.24) is 0 Å². The minimum Gasteiger partial charge on any atom is -0.248 e. The summed E-state index contributed by atoms with van der Waals surface area (Å²) >= 11 is 0. The summed E-state index contributed by atoms with van der Waals surface area (Å²) in [6.07, 6.45) is 1.12. The van der Waals surface area contributed by atoms with E-state index in [-0.39, 0.29) is 0 Å². The van der Waals surface area contributed by atoms with Crippen LogP contribution < -0.4 is 0 Å². The molecule has 0 saturated heterocycles. The molecule has 118 valence electrons. The fourth-order valence-electron chi connectivity index (χ4n) is 2.00. The molecular weight excluding hydrogens is 299 g/mol. The number of benzene rings is 2. The fraction of sp³-hybridized carbons (Fsp3) is 0.111. The van der Waals surface area contributed by atoms with Crippen LogP contribution in [0.4, 0.5) is 4.39 Å². The van der Waals surface area contributed by atoms with Crippen molar-refractivity contribution in [3.63, 3.8) is 0 Å². The van der Waals surface area contributed by atoms with Crippen molar-refractivity contribution in [2.75, 3.05) is 0 Å². The highest BCUT2D eigenvalue weighted by Crippen LogP contribution is 2.25. The normalized spacial score (nSPS) is 11.0. The van der Waals surface area contributed by atoms with Crippen LogP contribution in [0.1, 0.15) is 19.4 Å². The Bertz CT molecular complexity index is 751. The van der Waals surface area contributed by atoms with E-state index in [1.54, 1.807) is 19.1 Å². The van der Waals surface area contributed by atoms with Crippen LogP contribution in [0.2, 0.25) is 0 Å². The van der Waals surface area contributed by atoms with Crippen LogP contribution >= 0.6 is 0 Å². The highest BCUT2D eigenvalue weighted by Gasteiger charge is 2.09. The molecule has 0 heterocycles. The van der Waals surface area contributed by atoms with Crippen LogP contribution in [0.25, 0.3) is 16.7 Å². The van der Waals surface area contributed by atoms with Crippen molar-refractivity contribution in [1.29, 1.82) is 0 Å². The second-order valence-corrected chi connectivity index (χ2v) is 4.87. The van der Waals surface area contributed by atoms with Gasteiger partial charge in [-0.3, -0.25) is 0 Å². The number of carbonyl (C=O) groups excluding carboxylic acids is 2. The smallest absolute Gasteiger partial charge is 0.248 e. The van der Waals surface area contributed by atoms with E-state index in [2.05, 4.69) is 9.78 Å². The summed E-state index contributed by atoms with van der Waals surface area (Å²) in [4.78, 5) is 30.4. The van der Waals surface area contributed by atoms with E-state index in [9.17, 15) is 14.0 Å². The Morgan fingerprint density at radius 3 is 2.30 bits per heavy atom. The van der Waals surface area contributed by atoms with Gasteiger partial charge in [0.15, 0.2) is 0 Å². The molecule has 0 fully saturated rings. The van der Waals surface area contributed by atoms with Crippen LogP contribution in [0, 0.1) is 5.82 Å². The van der Waals surface area contributed by atoms with Crippen LogP contribution in [0.5, 0.6) is 0 Å². The topological polar surface area (TPSA) is 52.6 Å². The Morgan fingerprint density at radius 1 is 1.00 bits per heavy atom. The lowest BCUT2D eigenvalue weighted by Gasteiger charge is -2.07. The molecule has 5 heteroatoms. The van der Waals surface area contributed by atoms with Crippen LogP contribution in [-0.4, -0.2) is 11.9 Å². The van der Waals surface area contributed by atoms with E-state index in [1.165, 1.54) is 6.07 Å². The maximum atomic E-state index is 14.3. The number of hydrogen-bond donors (Lipinski definition) is 0. The molecule has 0 aliphatic heterocycles. The molecule has 0 atom stereocenters. The molecule has 23 heavy (non-hydrogen) atoms. The summed E-state index contributed by atoms with van der Waals surface area (Å²) in [6, 6.07) is 13.8. The number of carbonyl (C=O) groups is 2. The molecule has 0 bridgehead atoms. The number of hydrogen-bond acceptors (Lipinski definition) is 4. The van der Waals surface area contributed by atoms with Gasteiger partial charge >= 0.3 is 11.9 Å². The van der Waals surface area contributed by atoms with Gasteiger partial charge in [-0.1, -0.05) is 42.5 Å². The first-order valence-corrected chi connectivity index (χ1v) is 6.90. The first-order valence-electron chi connectivity index (χ1n) is 6.90. The second kappa shape index (κ2) is 7.35. The minimum atomic E-state index is -0.842. The van der Waals surface area contributed by atoms with Crippen LogP contribution in [-0.2, 0) is 19.4 Å². The highest BCUT2D eigenvalue weighted by molar-refractivity contribution is 5.91. The first kappa shape index (κ1) is 16.4. The zero-order valence-corrected chi connectivity index (χ0v) is 12.7. The van der Waals surface area contributed by atoms with Gasteiger partial charge in [0.1, 0.15) is 5.82 Å². The Kier molecular flexibility index (Phi) is 5.25. The summed E-state index contributed by atoms with van der Waals surface area (Å²) in [6.45, 7) is 2.74. The number of halogens is 1. The third-order valence-electron chi connectivity index (χ3n) is 3.08. The van der Waals surface area contributed by atoms with Crippen LogP contribution in [0.15, 0.2) is 54.6 Å². The zero-order valence-electron chi connectivity index (χ0n) is 12.7. The fourth-order valence-corrected chi connectivity index (χ4v) is 2.00. The maximum Gasteiger partial charge on any atom is 0.379 e. The lowest BCUT2D eigenvalue weighted by molar-refractivity contribution is -0.253. The van der Waals surface area contributed by atoms with Crippen LogP contribution in [0.3, 0.4) is 0 Å². The molecule has 0 N–H and O–H groups in total. The van der Waals surface area contributed by atoms with E-state index in [0.29, 0.717) is 16.7 Å². The monoisotopic (exact) mass is 314 g/mol. The average molecular weight is 314 g/mol. The molecule has 2 aromatic carbocycles. The summed E-state index contributed by atoms with van der Waals surface area (Å²) < 4.78 is 14.3. The first-order chi connectivity index (χ1) is 11.0.